The number of hydrogen-bond acceptors (Lipinski definition) is 2. The molecule has 2 heterocycles. The van der Waals surface area contributed by atoms with Crippen molar-refractivity contribution in [2.24, 2.45) is 0 Å². The fourth-order valence-corrected chi connectivity index (χ4v) is 3.54. The molecule has 3 heteroatoms. The largest absolute Gasteiger partial charge is 0.377 e. The van der Waals surface area contributed by atoms with Gasteiger partial charge in [0, 0.05) is 16.4 Å². The van der Waals surface area contributed by atoms with Gasteiger partial charge in [-0.25, -0.2) is 0 Å². The quantitative estimate of drug-likeness (QED) is 0.739. The van der Waals surface area contributed by atoms with Gasteiger partial charge in [-0.15, -0.1) is 11.3 Å². The second-order valence-electron chi connectivity index (χ2n) is 3.76. The summed E-state index contributed by atoms with van der Waals surface area (Å²) in [5.74, 6) is 0. The fraction of sp³-hybridized carbons (Fsp3) is 0.636. The van der Waals surface area contributed by atoms with Gasteiger partial charge in [-0.1, -0.05) is 15.9 Å². The van der Waals surface area contributed by atoms with Gasteiger partial charge in [0.05, 0.1) is 10.9 Å². The smallest absolute Gasteiger partial charge is 0.0750 e. The summed E-state index contributed by atoms with van der Waals surface area (Å²) in [5.41, 5.74) is 0. The Labute approximate surface area is 97.6 Å². The number of ether oxygens (including phenoxy) is 1. The summed E-state index contributed by atoms with van der Waals surface area (Å²) < 4.78 is 5.76. The van der Waals surface area contributed by atoms with Gasteiger partial charge in [0.25, 0.3) is 0 Å². The van der Waals surface area contributed by atoms with E-state index in [2.05, 4.69) is 35.0 Å². The zero-order valence-electron chi connectivity index (χ0n) is 8.33. The molecule has 1 fully saturated rings. The normalized spacial score (nSPS) is 24.9. The van der Waals surface area contributed by atoms with Gasteiger partial charge < -0.3 is 4.74 Å². The topological polar surface area (TPSA) is 9.23 Å². The van der Waals surface area contributed by atoms with Crippen molar-refractivity contribution in [3.05, 3.63) is 21.9 Å². The third-order valence-electron chi connectivity index (χ3n) is 2.57. The Morgan fingerprint density at radius 3 is 2.93 bits per heavy atom. The van der Waals surface area contributed by atoms with Crippen molar-refractivity contribution in [1.82, 2.24) is 0 Å². The summed E-state index contributed by atoms with van der Waals surface area (Å²) in [5, 5.41) is 0. The van der Waals surface area contributed by atoms with E-state index in [1.54, 1.807) is 0 Å². The third-order valence-corrected chi connectivity index (χ3v) is 5.04. The monoisotopic (exact) mass is 274 g/mol. The van der Waals surface area contributed by atoms with Gasteiger partial charge >= 0.3 is 0 Å². The molecule has 0 aliphatic carbocycles. The van der Waals surface area contributed by atoms with Crippen LogP contribution in [0.3, 0.4) is 0 Å². The van der Waals surface area contributed by atoms with E-state index in [1.165, 1.54) is 29.0 Å². The van der Waals surface area contributed by atoms with Crippen LogP contribution in [0.25, 0.3) is 0 Å². The summed E-state index contributed by atoms with van der Waals surface area (Å²) in [4.78, 5) is 3.16. The molecule has 2 rings (SSSR count). The van der Waals surface area contributed by atoms with E-state index in [0.717, 1.165) is 6.61 Å². The molecule has 1 aliphatic heterocycles. The highest BCUT2D eigenvalue weighted by molar-refractivity contribution is 9.09. The molecule has 78 valence electrons. The lowest BCUT2D eigenvalue weighted by Gasteiger charge is -2.26. The Bertz CT molecular complexity index is 291. The lowest BCUT2D eigenvalue weighted by Crippen LogP contribution is -2.22. The molecule has 2 atom stereocenters. The second-order valence-corrected chi connectivity index (χ2v) is 6.06. The van der Waals surface area contributed by atoms with Crippen molar-refractivity contribution in [2.75, 3.05) is 6.61 Å². The number of alkyl halides is 1. The molecule has 1 aromatic rings. The van der Waals surface area contributed by atoms with Crippen LogP contribution in [0.5, 0.6) is 0 Å². The first-order valence-electron chi connectivity index (χ1n) is 5.09. The zero-order chi connectivity index (χ0) is 9.97. The SMILES string of the molecule is Cc1ccc(C(Br)C2CCCCO2)s1. The summed E-state index contributed by atoms with van der Waals surface area (Å²) in [7, 11) is 0. The maximum Gasteiger partial charge on any atom is 0.0750 e. The average molecular weight is 275 g/mol. The number of rotatable bonds is 2. The number of thiophene rings is 1. The predicted octanol–water partition coefficient (Wildman–Crippen LogP) is 4.06. The van der Waals surface area contributed by atoms with Crippen molar-refractivity contribution in [2.45, 2.75) is 37.1 Å². The lowest BCUT2D eigenvalue weighted by molar-refractivity contribution is 0.0165. The van der Waals surface area contributed by atoms with E-state index in [-0.39, 0.29) is 0 Å². The van der Waals surface area contributed by atoms with Crippen LogP contribution >= 0.6 is 27.3 Å². The minimum atomic E-state index is 0.377. The number of halogens is 1. The molecule has 0 saturated carbocycles. The maximum atomic E-state index is 5.76. The highest BCUT2D eigenvalue weighted by atomic mass is 79.9. The van der Waals surface area contributed by atoms with Gasteiger partial charge in [-0.05, 0) is 38.3 Å². The molecule has 0 aromatic carbocycles. The van der Waals surface area contributed by atoms with E-state index in [4.69, 9.17) is 4.74 Å². The Morgan fingerprint density at radius 1 is 1.50 bits per heavy atom. The van der Waals surface area contributed by atoms with Crippen molar-refractivity contribution >= 4 is 27.3 Å². The maximum absolute atomic E-state index is 5.76. The van der Waals surface area contributed by atoms with Crippen molar-refractivity contribution < 1.29 is 4.74 Å². The molecular formula is C11H15BrOS. The van der Waals surface area contributed by atoms with Gasteiger partial charge in [0.1, 0.15) is 0 Å². The standard InChI is InChI=1S/C11H15BrOS/c1-8-5-6-10(14-8)11(12)9-4-2-3-7-13-9/h5-6,9,11H,2-4,7H2,1H3. The summed E-state index contributed by atoms with van der Waals surface area (Å²) in [6.07, 6.45) is 4.09. The summed E-state index contributed by atoms with van der Waals surface area (Å²) in [6.45, 7) is 3.08. The van der Waals surface area contributed by atoms with Crippen LogP contribution in [0.4, 0.5) is 0 Å². The minimum Gasteiger partial charge on any atom is -0.377 e. The van der Waals surface area contributed by atoms with Crippen LogP contribution in [0, 0.1) is 6.92 Å². The molecule has 1 aliphatic rings. The van der Waals surface area contributed by atoms with E-state index in [1.807, 2.05) is 11.3 Å². The molecule has 0 amide bonds. The zero-order valence-corrected chi connectivity index (χ0v) is 10.7. The first-order valence-corrected chi connectivity index (χ1v) is 6.82. The number of aryl methyl sites for hydroxylation is 1. The summed E-state index contributed by atoms with van der Waals surface area (Å²) >= 11 is 5.61. The molecule has 0 radical (unpaired) electrons. The van der Waals surface area contributed by atoms with E-state index < -0.39 is 0 Å². The van der Waals surface area contributed by atoms with Crippen LogP contribution in [-0.4, -0.2) is 12.7 Å². The van der Waals surface area contributed by atoms with Crippen LogP contribution in [0.1, 0.15) is 33.8 Å². The molecule has 1 saturated heterocycles. The number of hydrogen-bond donors (Lipinski definition) is 0. The lowest BCUT2D eigenvalue weighted by atomic mass is 10.1. The highest BCUT2D eigenvalue weighted by Crippen LogP contribution is 2.36. The van der Waals surface area contributed by atoms with Crippen LogP contribution < -0.4 is 0 Å². The Kier molecular flexibility index (Phi) is 3.63. The van der Waals surface area contributed by atoms with Crippen LogP contribution in [0.15, 0.2) is 12.1 Å². The third kappa shape index (κ3) is 2.38. The van der Waals surface area contributed by atoms with Gasteiger partial charge in [0.2, 0.25) is 0 Å². The second kappa shape index (κ2) is 4.77. The Morgan fingerprint density at radius 2 is 2.36 bits per heavy atom. The van der Waals surface area contributed by atoms with Crippen molar-refractivity contribution in [3.8, 4) is 0 Å². The first-order chi connectivity index (χ1) is 6.77. The van der Waals surface area contributed by atoms with Gasteiger partial charge in [-0.3, -0.25) is 0 Å². The molecule has 1 aromatic heterocycles. The van der Waals surface area contributed by atoms with Crippen LogP contribution in [0.2, 0.25) is 0 Å². The molecule has 0 bridgehead atoms. The highest BCUT2D eigenvalue weighted by Gasteiger charge is 2.24. The van der Waals surface area contributed by atoms with Crippen molar-refractivity contribution in [1.29, 1.82) is 0 Å². The molecule has 0 N–H and O–H groups in total. The fourth-order valence-electron chi connectivity index (χ4n) is 1.78. The molecule has 14 heavy (non-hydrogen) atoms. The minimum absolute atomic E-state index is 0.377. The van der Waals surface area contributed by atoms with Crippen LogP contribution in [-0.2, 0) is 4.74 Å². The van der Waals surface area contributed by atoms with Gasteiger partial charge in [-0.2, -0.15) is 0 Å². The molecule has 0 spiro atoms. The first kappa shape index (κ1) is 10.7. The summed E-state index contributed by atoms with van der Waals surface area (Å²) in [6, 6.07) is 4.38. The molecule has 1 nitrogen and oxygen atoms in total. The Balaban J connectivity index is 2.03. The Hall–Kier alpha value is 0.140. The van der Waals surface area contributed by atoms with E-state index in [0.29, 0.717) is 10.9 Å². The van der Waals surface area contributed by atoms with Crippen molar-refractivity contribution in [3.63, 3.8) is 0 Å². The molecule has 2 unspecified atom stereocenters. The molecular weight excluding hydrogens is 260 g/mol. The van der Waals surface area contributed by atoms with E-state index in [9.17, 15) is 0 Å². The van der Waals surface area contributed by atoms with E-state index >= 15 is 0 Å². The average Bonchev–Trinajstić information content (AvgIpc) is 2.65. The predicted molar refractivity (Wildman–Crippen MR) is 64.3 cm³/mol. The van der Waals surface area contributed by atoms with Gasteiger partial charge in [0.15, 0.2) is 0 Å².